The van der Waals surface area contributed by atoms with Gasteiger partial charge in [-0.1, -0.05) is 60.7 Å². The van der Waals surface area contributed by atoms with E-state index in [9.17, 15) is 19.2 Å². The summed E-state index contributed by atoms with van der Waals surface area (Å²) in [6, 6.07) is 25.2. The fourth-order valence-corrected chi connectivity index (χ4v) is 4.85. The molecule has 2 aliphatic rings. The number of nitrogens with zero attached hydrogens (tertiary/aromatic N) is 3. The molecule has 2 aliphatic heterocycles. The Morgan fingerprint density at radius 2 is 1.37 bits per heavy atom. The molecule has 0 N–H and O–H groups in total. The molecule has 0 saturated carbocycles. The van der Waals surface area contributed by atoms with Crippen molar-refractivity contribution < 1.29 is 19.2 Å². The molecule has 3 aromatic carbocycles. The Labute approximate surface area is 203 Å². The number of anilines is 1. The average molecular weight is 468 g/mol. The second kappa shape index (κ2) is 9.54. The van der Waals surface area contributed by atoms with Gasteiger partial charge in [0.1, 0.15) is 13.1 Å². The van der Waals surface area contributed by atoms with Crippen LogP contribution in [0.3, 0.4) is 0 Å². The van der Waals surface area contributed by atoms with Crippen molar-refractivity contribution in [3.8, 4) is 0 Å². The maximum absolute atomic E-state index is 13.5. The molecule has 7 nitrogen and oxygen atoms in total. The van der Waals surface area contributed by atoms with Crippen LogP contribution in [0.4, 0.5) is 5.69 Å². The molecule has 35 heavy (non-hydrogen) atoms. The van der Waals surface area contributed by atoms with E-state index >= 15 is 0 Å². The molecule has 5 rings (SSSR count). The van der Waals surface area contributed by atoms with Gasteiger partial charge in [-0.05, 0) is 42.7 Å². The Morgan fingerprint density at radius 1 is 0.800 bits per heavy atom. The largest absolute Gasteiger partial charge is 0.334 e. The Hall–Kier alpha value is -4.26. The van der Waals surface area contributed by atoms with Gasteiger partial charge in [0.25, 0.3) is 11.8 Å². The molecular formula is C28H25N3O4. The van der Waals surface area contributed by atoms with E-state index in [0.29, 0.717) is 12.2 Å². The van der Waals surface area contributed by atoms with Gasteiger partial charge in [0.05, 0.1) is 17.2 Å². The van der Waals surface area contributed by atoms with Crippen LogP contribution in [0, 0.1) is 0 Å². The smallest absolute Gasteiger partial charge is 0.262 e. The average Bonchev–Trinajstić information content (AvgIpc) is 3.48. The van der Waals surface area contributed by atoms with Gasteiger partial charge in [-0.2, -0.15) is 0 Å². The Bertz CT molecular complexity index is 1240. The third-order valence-corrected chi connectivity index (χ3v) is 6.59. The van der Waals surface area contributed by atoms with Gasteiger partial charge in [-0.3, -0.25) is 24.1 Å². The number of imide groups is 1. The zero-order valence-electron chi connectivity index (χ0n) is 19.2. The molecule has 0 spiro atoms. The van der Waals surface area contributed by atoms with E-state index < -0.39 is 24.3 Å². The number of carbonyl (C=O) groups is 4. The Kier molecular flexibility index (Phi) is 6.14. The van der Waals surface area contributed by atoms with Gasteiger partial charge < -0.3 is 9.80 Å². The van der Waals surface area contributed by atoms with E-state index in [4.69, 9.17) is 0 Å². The molecule has 3 aromatic rings. The van der Waals surface area contributed by atoms with Crippen LogP contribution in [0.2, 0.25) is 0 Å². The highest BCUT2D eigenvalue weighted by Gasteiger charge is 2.38. The van der Waals surface area contributed by atoms with Gasteiger partial charge in [0.2, 0.25) is 11.8 Å². The van der Waals surface area contributed by atoms with Gasteiger partial charge in [0, 0.05) is 12.2 Å². The molecular weight excluding hydrogens is 442 g/mol. The van der Waals surface area contributed by atoms with E-state index in [2.05, 4.69) is 0 Å². The van der Waals surface area contributed by atoms with Gasteiger partial charge in [0.15, 0.2) is 0 Å². The van der Waals surface area contributed by atoms with E-state index in [0.717, 1.165) is 23.3 Å². The topological polar surface area (TPSA) is 78.0 Å². The number of benzene rings is 3. The van der Waals surface area contributed by atoms with Crippen molar-refractivity contribution in [3.05, 3.63) is 102 Å². The van der Waals surface area contributed by atoms with Crippen molar-refractivity contribution in [1.29, 1.82) is 0 Å². The van der Waals surface area contributed by atoms with Crippen LogP contribution in [0.15, 0.2) is 84.9 Å². The first-order chi connectivity index (χ1) is 17.0. The van der Waals surface area contributed by atoms with Crippen LogP contribution in [0.25, 0.3) is 0 Å². The van der Waals surface area contributed by atoms with Crippen LogP contribution in [-0.2, 0) is 9.59 Å². The number of hydrogen-bond donors (Lipinski definition) is 0. The molecule has 4 amide bonds. The Balaban J connectivity index is 1.37. The normalized spacial score (nSPS) is 17.0. The van der Waals surface area contributed by atoms with Gasteiger partial charge in [-0.25, -0.2) is 0 Å². The highest BCUT2D eigenvalue weighted by Crippen LogP contribution is 2.32. The fourth-order valence-electron chi connectivity index (χ4n) is 4.85. The maximum Gasteiger partial charge on any atom is 0.262 e. The van der Waals surface area contributed by atoms with Crippen LogP contribution >= 0.6 is 0 Å². The summed E-state index contributed by atoms with van der Waals surface area (Å²) in [5, 5.41) is 0. The lowest BCUT2D eigenvalue weighted by atomic mass is 10.0. The summed E-state index contributed by atoms with van der Waals surface area (Å²) < 4.78 is 0. The molecule has 1 fully saturated rings. The number of para-hydroxylation sites is 1. The van der Waals surface area contributed by atoms with E-state index in [1.807, 2.05) is 41.3 Å². The van der Waals surface area contributed by atoms with E-state index in [1.54, 1.807) is 48.5 Å². The first-order valence-corrected chi connectivity index (χ1v) is 11.7. The lowest BCUT2D eigenvalue weighted by molar-refractivity contribution is -0.132. The van der Waals surface area contributed by atoms with E-state index in [-0.39, 0.29) is 29.6 Å². The summed E-state index contributed by atoms with van der Waals surface area (Å²) in [5.74, 6) is -1.66. The molecule has 176 valence electrons. The standard InChI is InChI=1S/C28H25N3O4/c32-25(29-17-9-16-24(29)20-10-3-1-4-11-20)18-30(21-12-5-2-6-13-21)26(33)19-31-27(34)22-14-7-8-15-23(22)28(31)35/h1-8,10-15,24H,9,16-19H2. The molecule has 2 heterocycles. The minimum absolute atomic E-state index is 0.0346. The van der Waals surface area contributed by atoms with Crippen molar-refractivity contribution >= 4 is 29.3 Å². The molecule has 0 aliphatic carbocycles. The van der Waals surface area contributed by atoms with Crippen molar-refractivity contribution in [2.75, 3.05) is 24.5 Å². The number of hydrogen-bond acceptors (Lipinski definition) is 4. The number of rotatable bonds is 6. The number of carbonyl (C=O) groups excluding carboxylic acids is 4. The fraction of sp³-hybridized carbons (Fsp3) is 0.214. The first-order valence-electron chi connectivity index (χ1n) is 11.7. The molecule has 0 bridgehead atoms. The molecule has 1 unspecified atom stereocenters. The first kappa shape index (κ1) is 22.5. The van der Waals surface area contributed by atoms with Crippen LogP contribution in [-0.4, -0.2) is 53.1 Å². The number of amides is 4. The predicted molar refractivity (Wildman–Crippen MR) is 131 cm³/mol. The van der Waals surface area contributed by atoms with Crippen LogP contribution in [0.5, 0.6) is 0 Å². The molecule has 1 saturated heterocycles. The van der Waals surface area contributed by atoms with Crippen LogP contribution < -0.4 is 4.90 Å². The summed E-state index contributed by atoms with van der Waals surface area (Å²) in [6.07, 6.45) is 1.75. The number of fused-ring (bicyclic) bond motifs is 1. The minimum Gasteiger partial charge on any atom is -0.334 e. The van der Waals surface area contributed by atoms with E-state index in [1.165, 1.54) is 4.90 Å². The second-order valence-corrected chi connectivity index (χ2v) is 8.71. The zero-order chi connectivity index (χ0) is 24.4. The summed E-state index contributed by atoms with van der Waals surface area (Å²) >= 11 is 0. The summed E-state index contributed by atoms with van der Waals surface area (Å²) in [4.78, 5) is 56.6. The maximum atomic E-state index is 13.5. The van der Waals surface area contributed by atoms with Crippen molar-refractivity contribution in [2.24, 2.45) is 0 Å². The third-order valence-electron chi connectivity index (χ3n) is 6.59. The summed E-state index contributed by atoms with van der Waals surface area (Å²) in [5.41, 5.74) is 2.19. The van der Waals surface area contributed by atoms with Crippen molar-refractivity contribution in [2.45, 2.75) is 18.9 Å². The highest BCUT2D eigenvalue weighted by atomic mass is 16.2. The number of likely N-dealkylation sites (tertiary alicyclic amines) is 1. The minimum atomic E-state index is -0.498. The SMILES string of the molecule is O=C1c2ccccc2C(=O)N1CC(=O)N(CC(=O)N1CCCC1c1ccccc1)c1ccccc1. The predicted octanol–water partition coefficient (Wildman–Crippen LogP) is 3.68. The van der Waals surface area contributed by atoms with Gasteiger partial charge in [-0.15, -0.1) is 0 Å². The van der Waals surface area contributed by atoms with Crippen LogP contribution in [0.1, 0.15) is 45.2 Å². The summed E-state index contributed by atoms with van der Waals surface area (Å²) in [7, 11) is 0. The molecule has 1 atom stereocenters. The second-order valence-electron chi connectivity index (χ2n) is 8.71. The lowest BCUT2D eigenvalue weighted by Gasteiger charge is -2.30. The third kappa shape index (κ3) is 4.33. The zero-order valence-corrected chi connectivity index (χ0v) is 19.2. The summed E-state index contributed by atoms with van der Waals surface area (Å²) in [6.45, 7) is 0.0135. The lowest BCUT2D eigenvalue weighted by Crippen LogP contribution is -2.47. The van der Waals surface area contributed by atoms with Gasteiger partial charge >= 0.3 is 0 Å². The quantitative estimate of drug-likeness (QED) is 0.518. The Morgan fingerprint density at radius 3 is 2.00 bits per heavy atom. The monoisotopic (exact) mass is 467 g/mol. The van der Waals surface area contributed by atoms with Crippen molar-refractivity contribution in [3.63, 3.8) is 0 Å². The molecule has 0 aromatic heterocycles. The highest BCUT2D eigenvalue weighted by molar-refractivity contribution is 6.22. The van der Waals surface area contributed by atoms with Crippen molar-refractivity contribution in [1.82, 2.24) is 9.80 Å². The molecule has 0 radical (unpaired) electrons. The molecule has 7 heteroatoms.